The quantitative estimate of drug-likeness (QED) is 0.795. The van der Waals surface area contributed by atoms with Crippen molar-refractivity contribution >= 4 is 17.3 Å². The lowest BCUT2D eigenvalue weighted by molar-refractivity contribution is 0.103. The van der Waals surface area contributed by atoms with Gasteiger partial charge in [-0.3, -0.25) is 4.79 Å². The third-order valence-corrected chi connectivity index (χ3v) is 3.36. The summed E-state index contributed by atoms with van der Waals surface area (Å²) in [5, 5.41) is 4.02. The molecule has 18 heavy (non-hydrogen) atoms. The molecule has 1 aromatic heterocycles. The fraction of sp³-hybridized carbons (Fsp3) is 0.308. The van der Waals surface area contributed by atoms with E-state index >= 15 is 0 Å². The van der Waals surface area contributed by atoms with Gasteiger partial charge in [-0.15, -0.1) is 5.10 Å². The van der Waals surface area contributed by atoms with Crippen LogP contribution >= 0.6 is 11.5 Å². The first-order valence-electron chi connectivity index (χ1n) is 5.65. The van der Waals surface area contributed by atoms with Crippen LogP contribution in [0.15, 0.2) is 24.3 Å². The fourth-order valence-corrected chi connectivity index (χ4v) is 2.46. The first-order chi connectivity index (χ1) is 8.65. The molecule has 0 radical (unpaired) electrons. The van der Waals surface area contributed by atoms with E-state index in [9.17, 15) is 4.79 Å². The van der Waals surface area contributed by atoms with Gasteiger partial charge in [-0.25, -0.2) is 0 Å². The van der Waals surface area contributed by atoms with Gasteiger partial charge in [-0.2, -0.15) is 0 Å². The molecule has 0 aliphatic heterocycles. The molecule has 94 valence electrons. The number of hydrogen-bond acceptors (Lipinski definition) is 5. The van der Waals surface area contributed by atoms with E-state index in [0.717, 1.165) is 17.2 Å². The van der Waals surface area contributed by atoms with Crippen LogP contribution in [-0.4, -0.2) is 22.5 Å². The molecule has 0 aliphatic rings. The molecule has 0 saturated heterocycles. The Labute approximate surface area is 110 Å². The predicted molar refractivity (Wildman–Crippen MR) is 70.4 cm³/mol. The Kier molecular flexibility index (Phi) is 3.72. The average molecular weight is 262 g/mol. The molecule has 2 rings (SSSR count). The summed E-state index contributed by atoms with van der Waals surface area (Å²) in [6.45, 7) is 3.99. The van der Waals surface area contributed by atoms with E-state index in [1.54, 1.807) is 19.2 Å². The molecule has 4 nitrogen and oxygen atoms in total. The molecule has 2 aromatic rings. The normalized spacial score (nSPS) is 10.7. The number of nitrogens with zero attached hydrogens (tertiary/aromatic N) is 2. The Morgan fingerprint density at radius 1 is 1.33 bits per heavy atom. The van der Waals surface area contributed by atoms with Crippen molar-refractivity contribution in [2.24, 2.45) is 0 Å². The van der Waals surface area contributed by atoms with Gasteiger partial charge in [0.25, 0.3) is 0 Å². The van der Waals surface area contributed by atoms with E-state index in [0.29, 0.717) is 16.2 Å². The lowest BCUT2D eigenvalue weighted by atomic mass is 10.0. The first-order valence-corrected chi connectivity index (χ1v) is 6.42. The van der Waals surface area contributed by atoms with E-state index in [4.69, 9.17) is 4.74 Å². The highest BCUT2D eigenvalue weighted by Gasteiger charge is 2.22. The number of carbonyl (C=O) groups excluding carboxylic acids is 1. The zero-order chi connectivity index (χ0) is 13.1. The topological polar surface area (TPSA) is 52.1 Å². The molecule has 0 N–H and O–H groups in total. The Balaban J connectivity index is 2.45. The molecule has 0 spiro atoms. The number of ketones is 1. The maximum Gasteiger partial charge on any atom is 0.210 e. The third-order valence-electron chi connectivity index (χ3n) is 2.62. The van der Waals surface area contributed by atoms with Crippen molar-refractivity contribution in [2.75, 3.05) is 7.11 Å². The molecule has 0 bridgehead atoms. The second-order valence-corrected chi connectivity index (χ2v) is 4.93. The Morgan fingerprint density at radius 3 is 2.72 bits per heavy atom. The largest absolute Gasteiger partial charge is 0.496 e. The van der Waals surface area contributed by atoms with E-state index in [1.807, 2.05) is 26.0 Å². The van der Waals surface area contributed by atoms with Crippen LogP contribution in [0.2, 0.25) is 0 Å². The van der Waals surface area contributed by atoms with Crippen LogP contribution in [0.25, 0.3) is 0 Å². The van der Waals surface area contributed by atoms with Crippen molar-refractivity contribution in [1.29, 1.82) is 0 Å². The highest BCUT2D eigenvalue weighted by atomic mass is 32.1. The number of aromatic nitrogens is 2. The monoisotopic (exact) mass is 262 g/mol. The molecule has 1 heterocycles. The molecule has 5 heteroatoms. The number of para-hydroxylation sites is 1. The smallest absolute Gasteiger partial charge is 0.210 e. The van der Waals surface area contributed by atoms with E-state index < -0.39 is 0 Å². The van der Waals surface area contributed by atoms with Crippen LogP contribution in [0.3, 0.4) is 0 Å². The lowest BCUT2D eigenvalue weighted by Gasteiger charge is -2.07. The highest BCUT2D eigenvalue weighted by molar-refractivity contribution is 7.08. The van der Waals surface area contributed by atoms with Crippen LogP contribution < -0.4 is 4.74 Å². The summed E-state index contributed by atoms with van der Waals surface area (Å²) in [6, 6.07) is 7.19. The zero-order valence-corrected chi connectivity index (χ0v) is 11.3. The van der Waals surface area contributed by atoms with Gasteiger partial charge in [0, 0.05) is 0 Å². The SMILES string of the molecule is COc1ccccc1C(=O)c1snnc1C(C)C. The van der Waals surface area contributed by atoms with Crippen molar-refractivity contribution in [1.82, 2.24) is 9.59 Å². The molecular formula is C13H14N2O2S. The van der Waals surface area contributed by atoms with E-state index in [1.165, 1.54) is 0 Å². The van der Waals surface area contributed by atoms with Crippen molar-refractivity contribution in [3.8, 4) is 5.75 Å². The molecule has 1 aromatic carbocycles. The summed E-state index contributed by atoms with van der Waals surface area (Å²) in [5.74, 6) is 0.675. The third kappa shape index (κ3) is 2.26. The highest BCUT2D eigenvalue weighted by Crippen LogP contribution is 2.26. The van der Waals surface area contributed by atoms with Gasteiger partial charge in [0.15, 0.2) is 0 Å². The molecular weight excluding hydrogens is 248 g/mol. The molecule has 0 saturated carbocycles. The molecule has 0 fully saturated rings. The van der Waals surface area contributed by atoms with Crippen LogP contribution in [0.4, 0.5) is 0 Å². The minimum atomic E-state index is -0.0776. The molecule has 0 unspecified atom stereocenters. The maximum atomic E-state index is 12.5. The predicted octanol–water partition coefficient (Wildman–Crippen LogP) is 2.90. The summed E-state index contributed by atoms with van der Waals surface area (Å²) in [4.78, 5) is 13.1. The van der Waals surface area contributed by atoms with Crippen LogP contribution in [0.1, 0.15) is 40.7 Å². The summed E-state index contributed by atoms with van der Waals surface area (Å²) in [6.07, 6.45) is 0. The average Bonchev–Trinajstić information content (AvgIpc) is 2.87. The standard InChI is InChI=1S/C13H14N2O2S/c1-8(2)11-13(18-15-14-11)12(16)9-6-4-5-7-10(9)17-3/h4-8H,1-3H3. The van der Waals surface area contributed by atoms with Gasteiger partial charge in [0.2, 0.25) is 5.78 Å². The van der Waals surface area contributed by atoms with Gasteiger partial charge >= 0.3 is 0 Å². The number of methoxy groups -OCH3 is 1. The van der Waals surface area contributed by atoms with Gasteiger partial charge in [-0.1, -0.05) is 30.5 Å². The van der Waals surface area contributed by atoms with Crippen LogP contribution in [0, 0.1) is 0 Å². The van der Waals surface area contributed by atoms with Crippen LogP contribution in [0.5, 0.6) is 5.75 Å². The second kappa shape index (κ2) is 5.27. The van der Waals surface area contributed by atoms with E-state index in [2.05, 4.69) is 9.59 Å². The van der Waals surface area contributed by atoms with Gasteiger partial charge in [0.1, 0.15) is 10.6 Å². The number of hydrogen-bond donors (Lipinski definition) is 0. The number of rotatable bonds is 4. The number of carbonyl (C=O) groups is 1. The lowest BCUT2D eigenvalue weighted by Crippen LogP contribution is -2.05. The second-order valence-electron chi connectivity index (χ2n) is 4.17. The van der Waals surface area contributed by atoms with Crippen molar-refractivity contribution < 1.29 is 9.53 Å². The first kappa shape index (κ1) is 12.7. The van der Waals surface area contributed by atoms with Crippen LogP contribution in [-0.2, 0) is 0 Å². The minimum Gasteiger partial charge on any atom is -0.496 e. The summed E-state index contributed by atoms with van der Waals surface area (Å²) < 4.78 is 9.08. The van der Waals surface area contributed by atoms with Gasteiger partial charge in [0.05, 0.1) is 18.4 Å². The fourth-order valence-electron chi connectivity index (χ4n) is 1.69. The molecule has 0 atom stereocenters. The zero-order valence-electron chi connectivity index (χ0n) is 10.5. The Hall–Kier alpha value is -1.75. The van der Waals surface area contributed by atoms with E-state index in [-0.39, 0.29) is 11.7 Å². The Bertz CT molecular complexity index is 564. The summed E-state index contributed by atoms with van der Waals surface area (Å²) >= 11 is 1.13. The molecule has 0 amide bonds. The van der Waals surface area contributed by atoms with Gasteiger partial charge in [-0.05, 0) is 29.6 Å². The number of benzene rings is 1. The Morgan fingerprint density at radius 2 is 2.06 bits per heavy atom. The molecule has 0 aliphatic carbocycles. The van der Waals surface area contributed by atoms with Crippen molar-refractivity contribution in [3.63, 3.8) is 0 Å². The summed E-state index contributed by atoms with van der Waals surface area (Å²) in [7, 11) is 1.56. The minimum absolute atomic E-state index is 0.0776. The summed E-state index contributed by atoms with van der Waals surface area (Å²) in [5.41, 5.74) is 1.30. The number of ether oxygens (including phenoxy) is 1. The van der Waals surface area contributed by atoms with Crippen molar-refractivity contribution in [3.05, 3.63) is 40.4 Å². The maximum absolute atomic E-state index is 12.5. The van der Waals surface area contributed by atoms with Crippen molar-refractivity contribution in [2.45, 2.75) is 19.8 Å². The van der Waals surface area contributed by atoms with Gasteiger partial charge < -0.3 is 4.74 Å².